The van der Waals surface area contributed by atoms with Gasteiger partial charge in [0.15, 0.2) is 0 Å². The van der Waals surface area contributed by atoms with Crippen molar-refractivity contribution in [2.45, 2.75) is 25.8 Å². The summed E-state index contributed by atoms with van der Waals surface area (Å²) in [7, 11) is 0. The summed E-state index contributed by atoms with van der Waals surface area (Å²) in [6, 6.07) is 10.3. The highest BCUT2D eigenvalue weighted by Gasteiger charge is 2.19. The molecule has 1 heterocycles. The lowest BCUT2D eigenvalue weighted by atomic mass is 10.2. The molecule has 2 aromatic rings. The third-order valence-electron chi connectivity index (χ3n) is 3.19. The Morgan fingerprint density at radius 3 is 2.75 bits per heavy atom. The number of hydrogen-bond acceptors (Lipinski definition) is 2. The van der Waals surface area contributed by atoms with Crippen LogP contribution in [-0.4, -0.2) is 9.78 Å². The molecule has 0 spiro atoms. The van der Waals surface area contributed by atoms with Crippen LogP contribution in [0.3, 0.4) is 0 Å². The molecule has 0 unspecified atom stereocenters. The van der Waals surface area contributed by atoms with Crippen LogP contribution < -0.4 is 5.73 Å². The monoisotopic (exact) mass is 213 g/mol. The minimum atomic E-state index is 0.777. The molecule has 0 fully saturated rings. The van der Waals surface area contributed by atoms with Gasteiger partial charge in [0.1, 0.15) is 5.82 Å². The maximum absolute atomic E-state index is 6.10. The predicted molar refractivity (Wildman–Crippen MR) is 64.2 cm³/mol. The number of nitrogen functional groups attached to an aromatic ring is 1. The van der Waals surface area contributed by atoms with E-state index >= 15 is 0 Å². The summed E-state index contributed by atoms with van der Waals surface area (Å²) in [5, 5.41) is 4.58. The van der Waals surface area contributed by atoms with Crippen molar-refractivity contribution in [1.29, 1.82) is 0 Å². The van der Waals surface area contributed by atoms with Crippen LogP contribution in [0.15, 0.2) is 30.3 Å². The first-order chi connectivity index (χ1) is 7.84. The zero-order valence-electron chi connectivity index (χ0n) is 9.19. The molecule has 0 saturated carbocycles. The van der Waals surface area contributed by atoms with E-state index in [-0.39, 0.29) is 0 Å². The summed E-state index contributed by atoms with van der Waals surface area (Å²) in [6.45, 7) is 0.777. The molecule has 1 aliphatic rings. The van der Waals surface area contributed by atoms with E-state index in [1.54, 1.807) is 0 Å². The third-order valence-corrected chi connectivity index (χ3v) is 3.19. The summed E-state index contributed by atoms with van der Waals surface area (Å²) in [5.41, 5.74) is 9.82. The fourth-order valence-electron chi connectivity index (χ4n) is 2.35. The molecule has 2 N–H and O–H groups in total. The smallest absolute Gasteiger partial charge is 0.125 e. The van der Waals surface area contributed by atoms with Crippen LogP contribution in [0.4, 0.5) is 5.82 Å². The Morgan fingerprint density at radius 1 is 1.19 bits per heavy atom. The molecule has 16 heavy (non-hydrogen) atoms. The van der Waals surface area contributed by atoms with Gasteiger partial charge in [-0.2, -0.15) is 5.10 Å². The molecule has 3 rings (SSSR count). The first-order valence-corrected chi connectivity index (χ1v) is 5.72. The number of benzene rings is 1. The zero-order chi connectivity index (χ0) is 11.0. The number of rotatable bonds is 2. The van der Waals surface area contributed by atoms with Gasteiger partial charge in [-0.05, 0) is 24.8 Å². The average Bonchev–Trinajstić information content (AvgIpc) is 2.86. The van der Waals surface area contributed by atoms with Crippen LogP contribution >= 0.6 is 0 Å². The average molecular weight is 213 g/mol. The highest BCUT2D eigenvalue weighted by Crippen LogP contribution is 2.26. The summed E-state index contributed by atoms with van der Waals surface area (Å²) < 4.78 is 1.93. The molecule has 1 aliphatic carbocycles. The molecule has 0 radical (unpaired) electrons. The van der Waals surface area contributed by atoms with Crippen molar-refractivity contribution in [3.63, 3.8) is 0 Å². The quantitative estimate of drug-likeness (QED) is 0.829. The first kappa shape index (κ1) is 9.46. The number of fused-ring (bicyclic) bond motifs is 1. The number of nitrogens with two attached hydrogens (primary N) is 1. The summed E-state index contributed by atoms with van der Waals surface area (Å²) in [4.78, 5) is 0. The molecule has 0 amide bonds. The fraction of sp³-hybridized carbons (Fsp3) is 0.308. The number of anilines is 1. The predicted octanol–water partition coefficient (Wildman–Crippen LogP) is 2.00. The number of nitrogens with zero attached hydrogens (tertiary/aromatic N) is 2. The van der Waals surface area contributed by atoms with Gasteiger partial charge >= 0.3 is 0 Å². The Balaban J connectivity index is 1.91. The van der Waals surface area contributed by atoms with Crippen molar-refractivity contribution >= 4 is 5.82 Å². The first-order valence-electron chi connectivity index (χ1n) is 5.72. The van der Waals surface area contributed by atoms with Crippen LogP contribution in [-0.2, 0) is 19.4 Å². The van der Waals surface area contributed by atoms with Gasteiger partial charge in [0.25, 0.3) is 0 Å². The van der Waals surface area contributed by atoms with Crippen molar-refractivity contribution in [2.75, 3.05) is 5.73 Å². The maximum Gasteiger partial charge on any atom is 0.125 e. The van der Waals surface area contributed by atoms with Crippen LogP contribution in [0.25, 0.3) is 0 Å². The Labute approximate surface area is 94.9 Å². The van der Waals surface area contributed by atoms with Crippen LogP contribution in [0.5, 0.6) is 0 Å². The Hall–Kier alpha value is -1.77. The van der Waals surface area contributed by atoms with Crippen molar-refractivity contribution in [2.24, 2.45) is 0 Å². The molecule has 1 aromatic heterocycles. The molecule has 0 aliphatic heterocycles. The van der Waals surface area contributed by atoms with E-state index in [4.69, 9.17) is 5.73 Å². The topological polar surface area (TPSA) is 43.8 Å². The third kappa shape index (κ3) is 1.48. The van der Waals surface area contributed by atoms with Gasteiger partial charge in [-0.3, -0.25) is 0 Å². The summed E-state index contributed by atoms with van der Waals surface area (Å²) >= 11 is 0. The van der Waals surface area contributed by atoms with Crippen molar-refractivity contribution < 1.29 is 0 Å². The van der Waals surface area contributed by atoms with Crippen molar-refractivity contribution in [1.82, 2.24) is 9.78 Å². The highest BCUT2D eigenvalue weighted by atomic mass is 15.3. The zero-order valence-corrected chi connectivity index (χ0v) is 9.19. The Morgan fingerprint density at radius 2 is 2.00 bits per heavy atom. The standard InChI is InChI=1S/C13H15N3/c14-13-11-7-4-8-12(11)15-16(13)9-10-5-2-1-3-6-10/h1-3,5-6H,4,7-9,14H2. The largest absolute Gasteiger partial charge is 0.384 e. The maximum atomic E-state index is 6.10. The molecule has 0 saturated heterocycles. The van der Waals surface area contributed by atoms with E-state index in [0.29, 0.717) is 0 Å². The van der Waals surface area contributed by atoms with Gasteiger partial charge in [-0.15, -0.1) is 0 Å². The normalized spacial score (nSPS) is 14.0. The Kier molecular flexibility index (Phi) is 2.17. The second-order valence-corrected chi connectivity index (χ2v) is 4.31. The number of aromatic nitrogens is 2. The van der Waals surface area contributed by atoms with Crippen LogP contribution in [0.2, 0.25) is 0 Å². The molecular weight excluding hydrogens is 198 g/mol. The van der Waals surface area contributed by atoms with E-state index in [1.165, 1.54) is 23.2 Å². The van der Waals surface area contributed by atoms with Gasteiger partial charge in [-0.25, -0.2) is 4.68 Å². The molecule has 0 atom stereocenters. The molecule has 1 aromatic carbocycles. The van der Waals surface area contributed by atoms with Gasteiger partial charge in [-0.1, -0.05) is 30.3 Å². The van der Waals surface area contributed by atoms with E-state index in [9.17, 15) is 0 Å². The SMILES string of the molecule is Nc1c2c(nn1Cc1ccccc1)CCC2. The van der Waals surface area contributed by atoms with Gasteiger partial charge in [0.2, 0.25) is 0 Å². The van der Waals surface area contributed by atoms with Crippen LogP contribution in [0, 0.1) is 0 Å². The lowest BCUT2D eigenvalue weighted by molar-refractivity contribution is 0.673. The molecule has 3 nitrogen and oxygen atoms in total. The summed E-state index contributed by atoms with van der Waals surface area (Å²) in [5.74, 6) is 0.858. The second kappa shape index (κ2) is 3.67. The molecule has 0 bridgehead atoms. The van der Waals surface area contributed by atoms with E-state index < -0.39 is 0 Å². The van der Waals surface area contributed by atoms with Gasteiger partial charge in [0.05, 0.1) is 12.2 Å². The lowest BCUT2D eigenvalue weighted by Gasteiger charge is -2.05. The molecule has 3 heteroatoms. The van der Waals surface area contributed by atoms with E-state index in [0.717, 1.165) is 25.2 Å². The van der Waals surface area contributed by atoms with E-state index in [2.05, 4.69) is 17.2 Å². The fourth-order valence-corrected chi connectivity index (χ4v) is 2.35. The highest BCUT2D eigenvalue weighted by molar-refractivity contribution is 5.46. The summed E-state index contributed by atoms with van der Waals surface area (Å²) in [6.07, 6.45) is 3.38. The Bertz CT molecular complexity index is 499. The lowest BCUT2D eigenvalue weighted by Crippen LogP contribution is -2.07. The molecule has 82 valence electrons. The minimum absolute atomic E-state index is 0.777. The van der Waals surface area contributed by atoms with Gasteiger partial charge in [0, 0.05) is 5.56 Å². The minimum Gasteiger partial charge on any atom is -0.384 e. The van der Waals surface area contributed by atoms with Gasteiger partial charge < -0.3 is 5.73 Å². The number of hydrogen-bond donors (Lipinski definition) is 1. The molecular formula is C13H15N3. The van der Waals surface area contributed by atoms with Crippen LogP contribution in [0.1, 0.15) is 23.2 Å². The second-order valence-electron chi connectivity index (χ2n) is 4.31. The van der Waals surface area contributed by atoms with Crippen molar-refractivity contribution in [3.05, 3.63) is 47.2 Å². The van der Waals surface area contributed by atoms with E-state index in [1.807, 2.05) is 22.9 Å². The van der Waals surface area contributed by atoms with Crippen molar-refractivity contribution in [3.8, 4) is 0 Å². The number of aryl methyl sites for hydroxylation is 1.